The summed E-state index contributed by atoms with van der Waals surface area (Å²) in [6.45, 7) is 2.60. The average Bonchev–Trinajstić information content (AvgIpc) is 2.81. The summed E-state index contributed by atoms with van der Waals surface area (Å²) in [5.74, 6) is -1.21. The van der Waals surface area contributed by atoms with Crippen molar-refractivity contribution in [2.45, 2.75) is 32.4 Å². The summed E-state index contributed by atoms with van der Waals surface area (Å²) in [7, 11) is 0. The van der Waals surface area contributed by atoms with Crippen LogP contribution >= 0.6 is 11.3 Å². The van der Waals surface area contributed by atoms with Gasteiger partial charge in [0.2, 0.25) is 0 Å². The van der Waals surface area contributed by atoms with Crippen molar-refractivity contribution in [1.29, 1.82) is 0 Å². The Morgan fingerprint density at radius 1 is 1.42 bits per heavy atom. The van der Waals surface area contributed by atoms with Gasteiger partial charge in [-0.15, -0.1) is 0 Å². The Morgan fingerprint density at radius 2 is 2.05 bits per heavy atom. The highest BCUT2D eigenvalue weighted by atomic mass is 32.1. The van der Waals surface area contributed by atoms with Gasteiger partial charge >= 0.3 is 6.18 Å². The smallest absolute Gasteiger partial charge is 0.348 e. The van der Waals surface area contributed by atoms with Gasteiger partial charge in [-0.3, -0.25) is 4.79 Å². The van der Waals surface area contributed by atoms with Crippen LogP contribution in [0.1, 0.15) is 35.1 Å². The van der Waals surface area contributed by atoms with Gasteiger partial charge < -0.3 is 4.90 Å². The minimum Gasteiger partial charge on any atom is -0.348 e. The lowest BCUT2D eigenvalue weighted by Gasteiger charge is -2.32. The molecule has 0 saturated carbocycles. The number of rotatable bonds is 3. The number of aromatic nitrogens is 1. The lowest BCUT2D eigenvalue weighted by atomic mass is 9.97. The fourth-order valence-electron chi connectivity index (χ4n) is 2.23. The standard InChI is InChI=1S/C12H15F3N2OS/c1-2-9-10(7-18)19-11(16-9)17-5-3-8(4-6-17)12(13,14)15/h7-8H,2-6H2,1H3. The number of nitrogens with zero attached hydrogens (tertiary/aromatic N) is 2. The lowest BCUT2D eigenvalue weighted by Crippen LogP contribution is -2.38. The number of carbonyl (C=O) groups is 1. The first-order valence-corrected chi connectivity index (χ1v) is 7.04. The van der Waals surface area contributed by atoms with E-state index in [0.29, 0.717) is 29.5 Å². The van der Waals surface area contributed by atoms with Gasteiger partial charge in [-0.2, -0.15) is 13.2 Å². The first-order chi connectivity index (χ1) is 8.95. The highest BCUT2D eigenvalue weighted by molar-refractivity contribution is 7.17. The Balaban J connectivity index is 2.05. The molecule has 1 saturated heterocycles. The molecule has 0 aromatic carbocycles. The summed E-state index contributed by atoms with van der Waals surface area (Å²) in [6.07, 6.45) is -2.48. The van der Waals surface area contributed by atoms with Crippen LogP contribution in [0.5, 0.6) is 0 Å². The number of hydrogen-bond donors (Lipinski definition) is 0. The molecule has 106 valence electrons. The van der Waals surface area contributed by atoms with Crippen molar-refractivity contribution in [3.8, 4) is 0 Å². The van der Waals surface area contributed by atoms with E-state index in [-0.39, 0.29) is 12.8 Å². The zero-order chi connectivity index (χ0) is 14.0. The van der Waals surface area contributed by atoms with E-state index in [0.717, 1.165) is 12.0 Å². The molecular formula is C12H15F3N2OS. The van der Waals surface area contributed by atoms with Crippen molar-refractivity contribution in [3.05, 3.63) is 10.6 Å². The van der Waals surface area contributed by atoms with Crippen LogP contribution in [0.25, 0.3) is 0 Å². The van der Waals surface area contributed by atoms with Crippen molar-refractivity contribution in [1.82, 2.24) is 4.98 Å². The molecule has 2 rings (SSSR count). The largest absolute Gasteiger partial charge is 0.391 e. The Kier molecular flexibility index (Phi) is 4.13. The molecule has 0 spiro atoms. The van der Waals surface area contributed by atoms with Gasteiger partial charge in [-0.25, -0.2) is 4.98 Å². The Hall–Kier alpha value is -1.11. The maximum Gasteiger partial charge on any atom is 0.391 e. The van der Waals surface area contributed by atoms with Crippen molar-refractivity contribution in [3.63, 3.8) is 0 Å². The zero-order valence-corrected chi connectivity index (χ0v) is 11.4. The Morgan fingerprint density at radius 3 is 2.47 bits per heavy atom. The van der Waals surface area contributed by atoms with Crippen LogP contribution in [0.2, 0.25) is 0 Å². The summed E-state index contributed by atoms with van der Waals surface area (Å²) in [5.41, 5.74) is 0.730. The second-order valence-corrected chi connectivity index (χ2v) is 5.59. The number of halogens is 3. The second kappa shape index (κ2) is 5.48. The lowest BCUT2D eigenvalue weighted by molar-refractivity contribution is -0.179. The van der Waals surface area contributed by atoms with Crippen molar-refractivity contribution in [2.24, 2.45) is 5.92 Å². The highest BCUT2D eigenvalue weighted by Gasteiger charge is 2.41. The average molecular weight is 292 g/mol. The van der Waals surface area contributed by atoms with Crippen LogP contribution in [0.4, 0.5) is 18.3 Å². The molecule has 0 atom stereocenters. The van der Waals surface area contributed by atoms with Gasteiger partial charge in [0.25, 0.3) is 0 Å². The van der Waals surface area contributed by atoms with Gasteiger partial charge in [0, 0.05) is 13.1 Å². The van der Waals surface area contributed by atoms with E-state index in [4.69, 9.17) is 0 Å². The van der Waals surface area contributed by atoms with Crippen molar-refractivity contribution in [2.75, 3.05) is 18.0 Å². The molecule has 0 aliphatic carbocycles. The van der Waals surface area contributed by atoms with E-state index in [2.05, 4.69) is 4.98 Å². The number of carbonyl (C=O) groups excluding carboxylic acids is 1. The third kappa shape index (κ3) is 3.08. The maximum absolute atomic E-state index is 12.6. The maximum atomic E-state index is 12.6. The van der Waals surface area contributed by atoms with E-state index < -0.39 is 12.1 Å². The number of anilines is 1. The fraction of sp³-hybridized carbons (Fsp3) is 0.667. The summed E-state index contributed by atoms with van der Waals surface area (Å²) < 4.78 is 37.7. The van der Waals surface area contributed by atoms with Crippen LogP contribution in [0, 0.1) is 5.92 Å². The topological polar surface area (TPSA) is 33.2 Å². The molecule has 0 N–H and O–H groups in total. The molecule has 19 heavy (non-hydrogen) atoms. The second-order valence-electron chi connectivity index (χ2n) is 4.58. The predicted molar refractivity (Wildman–Crippen MR) is 67.9 cm³/mol. The SMILES string of the molecule is CCc1nc(N2CCC(C(F)(F)F)CC2)sc1C=O. The number of alkyl halides is 3. The van der Waals surface area contributed by atoms with Gasteiger partial charge in [0.05, 0.1) is 16.5 Å². The van der Waals surface area contributed by atoms with Crippen LogP contribution in [-0.2, 0) is 6.42 Å². The minimum atomic E-state index is -4.10. The molecule has 2 heterocycles. The molecule has 3 nitrogen and oxygen atoms in total. The first kappa shape index (κ1) is 14.3. The molecule has 1 fully saturated rings. The quantitative estimate of drug-likeness (QED) is 0.801. The molecule has 1 aromatic rings. The van der Waals surface area contributed by atoms with Gasteiger partial charge in [0.1, 0.15) is 0 Å². The number of aryl methyl sites for hydroxylation is 1. The minimum absolute atomic E-state index is 0.0982. The third-order valence-electron chi connectivity index (χ3n) is 3.39. The van der Waals surface area contributed by atoms with Crippen LogP contribution in [0.15, 0.2) is 0 Å². The number of hydrogen-bond acceptors (Lipinski definition) is 4. The van der Waals surface area contributed by atoms with E-state index in [1.165, 1.54) is 11.3 Å². The van der Waals surface area contributed by atoms with E-state index >= 15 is 0 Å². The number of aldehydes is 1. The molecule has 0 amide bonds. The summed E-state index contributed by atoms with van der Waals surface area (Å²) in [4.78, 5) is 17.6. The molecule has 1 aromatic heterocycles. The van der Waals surface area contributed by atoms with Gasteiger partial charge in [-0.05, 0) is 19.3 Å². The summed E-state index contributed by atoms with van der Waals surface area (Å²) >= 11 is 1.26. The normalized spacial score (nSPS) is 17.8. The molecule has 0 bridgehead atoms. The summed E-state index contributed by atoms with van der Waals surface area (Å²) in [6, 6.07) is 0. The Bertz CT molecular complexity index is 450. The van der Waals surface area contributed by atoms with E-state index in [1.807, 2.05) is 11.8 Å². The molecule has 0 unspecified atom stereocenters. The Labute approximate surface area is 113 Å². The molecule has 1 aliphatic heterocycles. The summed E-state index contributed by atoms with van der Waals surface area (Å²) in [5, 5.41) is 0.666. The predicted octanol–water partition coefficient (Wildman–Crippen LogP) is 3.30. The van der Waals surface area contributed by atoms with E-state index in [9.17, 15) is 18.0 Å². The van der Waals surface area contributed by atoms with Crippen LogP contribution < -0.4 is 4.90 Å². The van der Waals surface area contributed by atoms with Crippen LogP contribution in [-0.4, -0.2) is 30.5 Å². The van der Waals surface area contributed by atoms with Gasteiger partial charge in [0.15, 0.2) is 11.4 Å². The zero-order valence-electron chi connectivity index (χ0n) is 10.5. The fourth-order valence-corrected chi connectivity index (χ4v) is 3.25. The number of thiazole rings is 1. The number of piperidine rings is 1. The van der Waals surface area contributed by atoms with Crippen LogP contribution in [0.3, 0.4) is 0 Å². The monoisotopic (exact) mass is 292 g/mol. The molecule has 1 aliphatic rings. The van der Waals surface area contributed by atoms with Crippen molar-refractivity contribution < 1.29 is 18.0 Å². The molecular weight excluding hydrogens is 277 g/mol. The molecule has 7 heteroatoms. The highest BCUT2D eigenvalue weighted by Crippen LogP contribution is 2.36. The molecule has 0 radical (unpaired) electrons. The third-order valence-corrected chi connectivity index (χ3v) is 4.47. The first-order valence-electron chi connectivity index (χ1n) is 6.22. The van der Waals surface area contributed by atoms with Gasteiger partial charge in [-0.1, -0.05) is 18.3 Å². The van der Waals surface area contributed by atoms with E-state index in [1.54, 1.807) is 0 Å². The van der Waals surface area contributed by atoms with Crippen molar-refractivity contribution >= 4 is 22.8 Å².